The first-order valence-electron chi connectivity index (χ1n) is 6.49. The number of aryl methyl sites for hydroxylation is 1. The lowest BCUT2D eigenvalue weighted by molar-refractivity contribution is -0.154. The van der Waals surface area contributed by atoms with E-state index in [1.165, 1.54) is 4.90 Å². The van der Waals surface area contributed by atoms with Crippen molar-refractivity contribution >= 4 is 12.0 Å². The van der Waals surface area contributed by atoms with Gasteiger partial charge in [-0.15, -0.1) is 0 Å². The van der Waals surface area contributed by atoms with E-state index in [1.807, 2.05) is 31.2 Å². The van der Waals surface area contributed by atoms with Crippen LogP contribution in [0.4, 0.5) is 4.79 Å². The lowest BCUT2D eigenvalue weighted by atomic mass is 10.1. The van der Waals surface area contributed by atoms with Gasteiger partial charge in [0.15, 0.2) is 6.10 Å². The minimum absolute atomic E-state index is 0.0784. The highest BCUT2D eigenvalue weighted by Crippen LogP contribution is 2.07. The molecule has 20 heavy (non-hydrogen) atoms. The van der Waals surface area contributed by atoms with Crippen LogP contribution in [-0.4, -0.2) is 47.8 Å². The van der Waals surface area contributed by atoms with Crippen molar-refractivity contribution in [1.29, 1.82) is 0 Å². The number of nitrogens with zero attached hydrogens (tertiary/aromatic N) is 1. The third kappa shape index (κ3) is 3.71. The van der Waals surface area contributed by atoms with Crippen LogP contribution in [0.1, 0.15) is 11.1 Å². The van der Waals surface area contributed by atoms with E-state index >= 15 is 0 Å². The van der Waals surface area contributed by atoms with Crippen LogP contribution in [0.2, 0.25) is 0 Å². The van der Waals surface area contributed by atoms with Gasteiger partial charge in [0.2, 0.25) is 0 Å². The summed E-state index contributed by atoms with van der Waals surface area (Å²) in [6, 6.07) is 7.60. The fourth-order valence-corrected chi connectivity index (χ4v) is 2.09. The van der Waals surface area contributed by atoms with Gasteiger partial charge in [-0.2, -0.15) is 0 Å². The molecule has 6 nitrogen and oxygen atoms in total. The van der Waals surface area contributed by atoms with Crippen LogP contribution in [0.3, 0.4) is 0 Å². The number of nitrogens with one attached hydrogen (secondary N) is 1. The van der Waals surface area contributed by atoms with Gasteiger partial charge in [0.1, 0.15) is 0 Å². The van der Waals surface area contributed by atoms with Gasteiger partial charge < -0.3 is 20.1 Å². The van der Waals surface area contributed by atoms with Gasteiger partial charge in [-0.05, 0) is 12.5 Å². The van der Waals surface area contributed by atoms with E-state index in [0.29, 0.717) is 13.1 Å². The van der Waals surface area contributed by atoms with E-state index in [2.05, 4.69) is 5.32 Å². The molecule has 0 bridgehead atoms. The minimum Gasteiger partial charge on any atom is -0.479 e. The number of morpholine rings is 1. The fourth-order valence-electron chi connectivity index (χ4n) is 2.09. The Morgan fingerprint density at radius 2 is 2.30 bits per heavy atom. The second kappa shape index (κ2) is 6.38. The van der Waals surface area contributed by atoms with Crippen LogP contribution >= 0.6 is 0 Å². The Labute approximate surface area is 117 Å². The average molecular weight is 278 g/mol. The van der Waals surface area contributed by atoms with Crippen molar-refractivity contribution in [3.05, 3.63) is 35.4 Å². The summed E-state index contributed by atoms with van der Waals surface area (Å²) in [4.78, 5) is 24.3. The number of benzene rings is 1. The Balaban J connectivity index is 1.87. The lowest BCUT2D eigenvalue weighted by Gasteiger charge is -2.30. The van der Waals surface area contributed by atoms with E-state index in [9.17, 15) is 9.59 Å². The van der Waals surface area contributed by atoms with Crippen molar-refractivity contribution in [2.75, 3.05) is 19.7 Å². The van der Waals surface area contributed by atoms with Gasteiger partial charge in [0, 0.05) is 13.1 Å². The Kier molecular flexibility index (Phi) is 4.57. The summed E-state index contributed by atoms with van der Waals surface area (Å²) < 4.78 is 5.08. The molecule has 1 aliphatic rings. The third-order valence-electron chi connectivity index (χ3n) is 3.16. The van der Waals surface area contributed by atoms with E-state index in [-0.39, 0.29) is 19.2 Å². The lowest BCUT2D eigenvalue weighted by Crippen LogP contribution is -2.51. The molecule has 1 aliphatic heterocycles. The number of hydrogen-bond donors (Lipinski definition) is 2. The van der Waals surface area contributed by atoms with Crippen LogP contribution in [0.5, 0.6) is 0 Å². The Hall–Kier alpha value is -2.08. The monoisotopic (exact) mass is 278 g/mol. The van der Waals surface area contributed by atoms with Gasteiger partial charge in [-0.1, -0.05) is 29.8 Å². The zero-order chi connectivity index (χ0) is 14.5. The number of aliphatic carboxylic acids is 1. The van der Waals surface area contributed by atoms with Gasteiger partial charge in [-0.3, -0.25) is 0 Å². The summed E-state index contributed by atoms with van der Waals surface area (Å²) in [7, 11) is 0. The Morgan fingerprint density at radius 1 is 1.50 bits per heavy atom. The molecule has 0 aromatic heterocycles. The van der Waals surface area contributed by atoms with Gasteiger partial charge >= 0.3 is 12.0 Å². The molecule has 2 amide bonds. The molecule has 0 saturated carbocycles. The molecule has 1 fully saturated rings. The maximum absolute atomic E-state index is 12.0. The summed E-state index contributed by atoms with van der Waals surface area (Å²) >= 11 is 0. The first kappa shape index (κ1) is 14.3. The zero-order valence-electron chi connectivity index (χ0n) is 11.3. The van der Waals surface area contributed by atoms with Crippen LogP contribution in [-0.2, 0) is 16.1 Å². The second-order valence-corrected chi connectivity index (χ2v) is 4.79. The standard InChI is InChI=1S/C14H18N2O4/c1-10-3-2-4-11(7-10)8-15-14(19)16-5-6-20-12(9-16)13(17)18/h2-4,7,12H,5-6,8-9H2,1H3,(H,15,19)(H,17,18). The number of carboxylic acids is 1. The number of amides is 2. The van der Waals surface area contributed by atoms with Crippen molar-refractivity contribution < 1.29 is 19.4 Å². The van der Waals surface area contributed by atoms with Crippen LogP contribution in [0.25, 0.3) is 0 Å². The van der Waals surface area contributed by atoms with Crippen molar-refractivity contribution in [3.63, 3.8) is 0 Å². The van der Waals surface area contributed by atoms with Gasteiger partial charge in [0.05, 0.1) is 13.2 Å². The average Bonchev–Trinajstić information content (AvgIpc) is 2.45. The highest BCUT2D eigenvalue weighted by molar-refractivity contribution is 5.77. The van der Waals surface area contributed by atoms with Crippen LogP contribution in [0.15, 0.2) is 24.3 Å². The topological polar surface area (TPSA) is 78.9 Å². The SMILES string of the molecule is Cc1cccc(CNC(=O)N2CCOC(C(=O)O)C2)c1. The van der Waals surface area contributed by atoms with E-state index in [0.717, 1.165) is 11.1 Å². The summed E-state index contributed by atoms with van der Waals surface area (Å²) in [5.74, 6) is -1.04. The maximum Gasteiger partial charge on any atom is 0.334 e. The van der Waals surface area contributed by atoms with E-state index in [1.54, 1.807) is 0 Å². The molecule has 0 aliphatic carbocycles. The summed E-state index contributed by atoms with van der Waals surface area (Å²) in [5.41, 5.74) is 2.15. The number of hydrogen-bond acceptors (Lipinski definition) is 3. The predicted molar refractivity (Wildman–Crippen MR) is 72.4 cm³/mol. The quantitative estimate of drug-likeness (QED) is 0.864. The van der Waals surface area contributed by atoms with Gasteiger partial charge in [-0.25, -0.2) is 9.59 Å². The summed E-state index contributed by atoms with van der Waals surface area (Å²) in [6.07, 6.45) is -0.937. The van der Waals surface area contributed by atoms with E-state index in [4.69, 9.17) is 9.84 Å². The first-order valence-corrected chi connectivity index (χ1v) is 6.49. The molecule has 1 aromatic carbocycles. The molecule has 0 spiro atoms. The van der Waals surface area contributed by atoms with Crippen molar-refractivity contribution in [3.8, 4) is 0 Å². The molecule has 6 heteroatoms. The molecule has 2 rings (SSSR count). The fraction of sp³-hybridized carbons (Fsp3) is 0.429. The molecular weight excluding hydrogens is 260 g/mol. The van der Waals surface area contributed by atoms with Crippen molar-refractivity contribution in [1.82, 2.24) is 10.2 Å². The van der Waals surface area contributed by atoms with Gasteiger partial charge in [0.25, 0.3) is 0 Å². The third-order valence-corrected chi connectivity index (χ3v) is 3.16. The Morgan fingerprint density at radius 3 is 3.00 bits per heavy atom. The highest BCUT2D eigenvalue weighted by atomic mass is 16.5. The molecule has 1 heterocycles. The largest absolute Gasteiger partial charge is 0.479 e. The van der Waals surface area contributed by atoms with Crippen LogP contribution < -0.4 is 5.32 Å². The maximum atomic E-state index is 12.0. The molecule has 108 valence electrons. The highest BCUT2D eigenvalue weighted by Gasteiger charge is 2.28. The molecule has 1 saturated heterocycles. The smallest absolute Gasteiger partial charge is 0.334 e. The van der Waals surface area contributed by atoms with E-state index < -0.39 is 12.1 Å². The second-order valence-electron chi connectivity index (χ2n) is 4.79. The number of ether oxygens (including phenoxy) is 1. The van der Waals surface area contributed by atoms with Crippen LogP contribution in [0, 0.1) is 6.92 Å². The molecule has 1 unspecified atom stereocenters. The molecule has 2 N–H and O–H groups in total. The molecular formula is C14H18N2O4. The normalized spacial score (nSPS) is 18.6. The number of carboxylic acid groups (broad SMARTS) is 1. The Bertz CT molecular complexity index is 504. The molecule has 1 aromatic rings. The molecule has 0 radical (unpaired) electrons. The minimum atomic E-state index is -1.04. The number of urea groups is 1. The first-order chi connectivity index (χ1) is 9.56. The predicted octanol–water partition coefficient (Wildman–Crippen LogP) is 0.990. The summed E-state index contributed by atoms with van der Waals surface area (Å²) in [5, 5.41) is 11.7. The number of carbonyl (C=O) groups excluding carboxylic acids is 1. The van der Waals surface area contributed by atoms with Crippen molar-refractivity contribution in [2.24, 2.45) is 0 Å². The molecule has 1 atom stereocenters. The van der Waals surface area contributed by atoms with Crippen molar-refractivity contribution in [2.45, 2.75) is 19.6 Å². The number of rotatable bonds is 3. The zero-order valence-corrected chi connectivity index (χ0v) is 11.3. The number of carbonyl (C=O) groups is 2. The summed E-state index contributed by atoms with van der Waals surface area (Å²) in [6.45, 7) is 3.15.